The van der Waals surface area contributed by atoms with Crippen LogP contribution < -0.4 is 0 Å². The lowest BCUT2D eigenvalue weighted by Crippen LogP contribution is -2.01. The van der Waals surface area contributed by atoms with Crippen molar-refractivity contribution in [1.82, 2.24) is 0 Å². The highest BCUT2D eigenvalue weighted by Gasteiger charge is 2.09. The normalized spacial score (nSPS) is 15.8. The summed E-state index contributed by atoms with van der Waals surface area (Å²) in [4.78, 5) is 0. The second-order valence-corrected chi connectivity index (χ2v) is 8.91. The Kier molecular flexibility index (Phi) is 10.1. The summed E-state index contributed by atoms with van der Waals surface area (Å²) < 4.78 is 0. The van der Waals surface area contributed by atoms with Gasteiger partial charge < -0.3 is 0 Å². The fourth-order valence-corrected chi connectivity index (χ4v) is 3.98. The molecule has 16 heavy (non-hydrogen) atoms. The molecule has 0 bridgehead atoms. The molecule has 0 N–H and O–H groups in total. The van der Waals surface area contributed by atoms with E-state index in [9.17, 15) is 0 Å². The molecule has 0 spiro atoms. The van der Waals surface area contributed by atoms with Crippen molar-refractivity contribution < 1.29 is 0 Å². The van der Waals surface area contributed by atoms with Crippen LogP contribution in [0, 0.1) is 11.8 Å². The van der Waals surface area contributed by atoms with E-state index in [0.29, 0.717) is 0 Å². The first-order valence-electron chi connectivity index (χ1n) is 6.74. The molecule has 0 amide bonds. The Morgan fingerprint density at radius 2 is 0.875 bits per heavy atom. The Hall–Kier alpha value is 0.700. The highest BCUT2D eigenvalue weighted by atomic mass is 33.1. The largest absolute Gasteiger partial charge is 0.0907 e. The van der Waals surface area contributed by atoms with Gasteiger partial charge in [-0.15, -0.1) is 0 Å². The van der Waals surface area contributed by atoms with Crippen molar-refractivity contribution in [3.05, 3.63) is 0 Å². The number of hydrogen-bond acceptors (Lipinski definition) is 2. The average molecular weight is 263 g/mol. The molecule has 0 nitrogen and oxygen atoms in total. The van der Waals surface area contributed by atoms with Crippen LogP contribution in [0.2, 0.25) is 0 Å². The predicted molar refractivity (Wildman–Crippen MR) is 82.3 cm³/mol. The summed E-state index contributed by atoms with van der Waals surface area (Å²) in [7, 11) is 4.19. The standard InChI is InChI=1S/C14H30S2/c1-11(2)7-9-13(5)15-16-14(6)10-8-12(3)4/h11-14H,7-10H2,1-6H3. The van der Waals surface area contributed by atoms with Gasteiger partial charge in [0.05, 0.1) is 0 Å². The third-order valence-corrected chi connectivity index (χ3v) is 6.23. The Labute approximate surface area is 111 Å². The minimum Gasteiger partial charge on any atom is -0.0907 e. The van der Waals surface area contributed by atoms with E-state index >= 15 is 0 Å². The predicted octanol–water partition coefficient (Wildman–Crippen LogP) is 6.02. The first-order valence-corrected chi connectivity index (χ1v) is 9.01. The minimum absolute atomic E-state index is 0.814. The molecule has 2 unspecified atom stereocenters. The Balaban J connectivity index is 3.47. The first-order chi connectivity index (χ1) is 7.41. The van der Waals surface area contributed by atoms with E-state index in [-0.39, 0.29) is 0 Å². The summed E-state index contributed by atoms with van der Waals surface area (Å²) in [6.07, 6.45) is 5.47. The molecule has 98 valence electrons. The van der Waals surface area contributed by atoms with Gasteiger partial charge in [-0.05, 0) is 37.5 Å². The van der Waals surface area contributed by atoms with E-state index in [1.54, 1.807) is 0 Å². The highest BCUT2D eigenvalue weighted by molar-refractivity contribution is 8.77. The molecule has 0 aliphatic carbocycles. The lowest BCUT2D eigenvalue weighted by molar-refractivity contribution is 0.554. The third-order valence-electron chi connectivity index (χ3n) is 2.69. The van der Waals surface area contributed by atoms with E-state index in [1.807, 2.05) is 0 Å². The van der Waals surface area contributed by atoms with Gasteiger partial charge in [0.25, 0.3) is 0 Å². The summed E-state index contributed by atoms with van der Waals surface area (Å²) in [6.45, 7) is 14.0. The minimum atomic E-state index is 0.814. The summed E-state index contributed by atoms with van der Waals surface area (Å²) in [5.41, 5.74) is 0. The topological polar surface area (TPSA) is 0 Å². The molecule has 2 heteroatoms. The fraction of sp³-hybridized carbons (Fsp3) is 1.00. The maximum absolute atomic E-state index is 2.37. The van der Waals surface area contributed by atoms with E-state index in [0.717, 1.165) is 22.3 Å². The van der Waals surface area contributed by atoms with Crippen LogP contribution in [-0.4, -0.2) is 10.5 Å². The van der Waals surface area contributed by atoms with Crippen LogP contribution in [0.3, 0.4) is 0 Å². The Morgan fingerprint density at radius 3 is 1.12 bits per heavy atom. The number of hydrogen-bond donors (Lipinski definition) is 0. The van der Waals surface area contributed by atoms with Crippen LogP contribution in [0.1, 0.15) is 67.2 Å². The van der Waals surface area contributed by atoms with Crippen LogP contribution >= 0.6 is 21.6 Å². The Morgan fingerprint density at radius 1 is 0.562 bits per heavy atom. The van der Waals surface area contributed by atoms with Crippen molar-refractivity contribution in [2.24, 2.45) is 11.8 Å². The van der Waals surface area contributed by atoms with Crippen LogP contribution in [0.15, 0.2) is 0 Å². The maximum Gasteiger partial charge on any atom is 0.0123 e. The molecule has 0 aliphatic rings. The van der Waals surface area contributed by atoms with Gasteiger partial charge in [0.15, 0.2) is 0 Å². The van der Waals surface area contributed by atoms with Crippen molar-refractivity contribution in [3.63, 3.8) is 0 Å². The van der Waals surface area contributed by atoms with Crippen LogP contribution in [-0.2, 0) is 0 Å². The summed E-state index contributed by atoms with van der Waals surface area (Å²) >= 11 is 0. The van der Waals surface area contributed by atoms with E-state index < -0.39 is 0 Å². The summed E-state index contributed by atoms with van der Waals surface area (Å²) in [5.74, 6) is 1.71. The molecule has 0 aromatic heterocycles. The molecule has 0 aromatic carbocycles. The third kappa shape index (κ3) is 11.2. The molecule has 2 atom stereocenters. The first kappa shape index (κ1) is 16.7. The van der Waals surface area contributed by atoms with Gasteiger partial charge in [-0.25, -0.2) is 0 Å². The number of rotatable bonds is 9. The highest BCUT2D eigenvalue weighted by Crippen LogP contribution is 2.35. The maximum atomic E-state index is 2.37. The molecule has 0 saturated carbocycles. The molecule has 0 aliphatic heterocycles. The van der Waals surface area contributed by atoms with E-state index in [4.69, 9.17) is 0 Å². The average Bonchev–Trinajstić information content (AvgIpc) is 2.20. The zero-order valence-corrected chi connectivity index (χ0v) is 13.6. The van der Waals surface area contributed by atoms with E-state index in [2.05, 4.69) is 63.1 Å². The molecule has 0 heterocycles. The van der Waals surface area contributed by atoms with Gasteiger partial charge in [0.2, 0.25) is 0 Å². The Bertz CT molecular complexity index is 137. The lowest BCUT2D eigenvalue weighted by Gasteiger charge is -2.16. The van der Waals surface area contributed by atoms with Crippen molar-refractivity contribution in [3.8, 4) is 0 Å². The van der Waals surface area contributed by atoms with Crippen molar-refractivity contribution in [1.29, 1.82) is 0 Å². The second-order valence-electron chi connectivity index (χ2n) is 5.76. The van der Waals surface area contributed by atoms with Crippen molar-refractivity contribution >= 4 is 21.6 Å². The second kappa shape index (κ2) is 9.70. The molecule has 0 saturated heterocycles. The van der Waals surface area contributed by atoms with Gasteiger partial charge >= 0.3 is 0 Å². The smallest absolute Gasteiger partial charge is 0.0123 e. The molecule has 0 fully saturated rings. The molecular formula is C14H30S2. The van der Waals surface area contributed by atoms with Gasteiger partial charge in [-0.2, -0.15) is 0 Å². The SMILES string of the molecule is CC(C)CCC(C)SSC(C)CCC(C)C. The zero-order chi connectivity index (χ0) is 12.6. The van der Waals surface area contributed by atoms with Gasteiger partial charge in [0, 0.05) is 10.5 Å². The van der Waals surface area contributed by atoms with E-state index in [1.165, 1.54) is 25.7 Å². The molecular weight excluding hydrogens is 232 g/mol. The summed E-state index contributed by atoms with van der Waals surface area (Å²) in [6, 6.07) is 0. The van der Waals surface area contributed by atoms with Crippen molar-refractivity contribution in [2.45, 2.75) is 77.7 Å². The zero-order valence-electron chi connectivity index (χ0n) is 12.0. The lowest BCUT2D eigenvalue weighted by atomic mass is 10.1. The van der Waals surface area contributed by atoms with Crippen LogP contribution in [0.25, 0.3) is 0 Å². The molecule has 0 radical (unpaired) electrons. The van der Waals surface area contributed by atoms with Crippen LogP contribution in [0.4, 0.5) is 0 Å². The van der Waals surface area contributed by atoms with Gasteiger partial charge in [-0.3, -0.25) is 0 Å². The molecule has 0 rings (SSSR count). The van der Waals surface area contributed by atoms with Crippen molar-refractivity contribution in [2.75, 3.05) is 0 Å². The fourth-order valence-electron chi connectivity index (χ4n) is 1.42. The monoisotopic (exact) mass is 262 g/mol. The van der Waals surface area contributed by atoms with Crippen LogP contribution in [0.5, 0.6) is 0 Å². The quantitative estimate of drug-likeness (QED) is 0.466. The summed E-state index contributed by atoms with van der Waals surface area (Å²) in [5, 5.41) is 1.63. The van der Waals surface area contributed by atoms with Gasteiger partial charge in [-0.1, -0.05) is 63.1 Å². The van der Waals surface area contributed by atoms with Gasteiger partial charge in [0.1, 0.15) is 0 Å². The molecule has 0 aromatic rings.